The average Bonchev–Trinajstić information content (AvgIpc) is 2.91. The molecule has 11 heteroatoms. The predicted molar refractivity (Wildman–Crippen MR) is 162 cm³/mol. The van der Waals surface area contributed by atoms with E-state index in [0.717, 1.165) is 9.87 Å². The maximum atomic E-state index is 14.0. The summed E-state index contributed by atoms with van der Waals surface area (Å²) in [4.78, 5) is 28.4. The van der Waals surface area contributed by atoms with Gasteiger partial charge in [-0.1, -0.05) is 65.5 Å². The van der Waals surface area contributed by atoms with Crippen LogP contribution in [0.1, 0.15) is 38.3 Å². The molecule has 0 spiro atoms. The van der Waals surface area contributed by atoms with Crippen LogP contribution < -0.4 is 9.62 Å². The van der Waals surface area contributed by atoms with E-state index in [1.54, 1.807) is 49.4 Å². The number of hydrogen-bond acceptors (Lipinski definition) is 4. The van der Waals surface area contributed by atoms with E-state index in [1.807, 2.05) is 20.8 Å². The Morgan fingerprint density at radius 3 is 2.08 bits per heavy atom. The van der Waals surface area contributed by atoms with Crippen molar-refractivity contribution in [2.45, 2.75) is 57.6 Å². The molecule has 1 N–H and O–H groups in total. The van der Waals surface area contributed by atoms with Crippen molar-refractivity contribution in [3.8, 4) is 0 Å². The molecule has 0 bridgehead atoms. The second-order valence-corrected chi connectivity index (χ2v) is 12.7. The van der Waals surface area contributed by atoms with Gasteiger partial charge in [0.05, 0.1) is 10.6 Å². The zero-order valence-corrected chi connectivity index (χ0v) is 25.8. The van der Waals surface area contributed by atoms with Crippen LogP contribution in [0.25, 0.3) is 0 Å². The minimum Gasteiger partial charge on any atom is -0.352 e. The highest BCUT2D eigenvalue weighted by atomic mass is 35.5. The molecule has 3 aromatic carbocycles. The van der Waals surface area contributed by atoms with E-state index in [-0.39, 0.29) is 23.4 Å². The fourth-order valence-corrected chi connectivity index (χ4v) is 5.86. The number of aryl methyl sites for hydroxylation is 1. The van der Waals surface area contributed by atoms with Crippen LogP contribution in [0.15, 0.2) is 71.6 Å². The third kappa shape index (κ3) is 7.91. The van der Waals surface area contributed by atoms with Gasteiger partial charge in [0.1, 0.15) is 12.6 Å². The number of carbonyl (C=O) groups excluding carboxylic acids is 2. The summed E-state index contributed by atoms with van der Waals surface area (Å²) in [7, 11) is -4.18. The van der Waals surface area contributed by atoms with Crippen molar-refractivity contribution in [1.82, 2.24) is 10.2 Å². The Morgan fingerprint density at radius 2 is 1.50 bits per heavy atom. The Morgan fingerprint density at radius 1 is 0.900 bits per heavy atom. The molecule has 3 rings (SSSR count). The van der Waals surface area contributed by atoms with Gasteiger partial charge in [0, 0.05) is 27.7 Å². The largest absolute Gasteiger partial charge is 0.352 e. The van der Waals surface area contributed by atoms with E-state index in [1.165, 1.54) is 29.2 Å². The number of carbonyl (C=O) groups is 2. The smallest absolute Gasteiger partial charge is 0.264 e. The van der Waals surface area contributed by atoms with Gasteiger partial charge in [0.25, 0.3) is 10.0 Å². The fraction of sp³-hybridized carbons (Fsp3) is 0.310. The molecule has 0 fully saturated rings. The summed E-state index contributed by atoms with van der Waals surface area (Å²) < 4.78 is 28.7. The third-order valence-corrected chi connectivity index (χ3v) is 9.15. The van der Waals surface area contributed by atoms with Crippen LogP contribution in [0.3, 0.4) is 0 Å². The Hall–Kier alpha value is -2.78. The molecule has 0 aliphatic rings. The molecule has 2 atom stereocenters. The van der Waals surface area contributed by atoms with E-state index in [2.05, 4.69) is 5.32 Å². The van der Waals surface area contributed by atoms with Gasteiger partial charge >= 0.3 is 0 Å². The van der Waals surface area contributed by atoms with Crippen molar-refractivity contribution in [2.75, 3.05) is 10.8 Å². The van der Waals surface area contributed by atoms with E-state index < -0.39 is 28.5 Å². The molecule has 0 heterocycles. The summed E-state index contributed by atoms with van der Waals surface area (Å²) in [6.07, 6.45) is 0.704. The van der Waals surface area contributed by atoms with E-state index in [0.29, 0.717) is 32.7 Å². The maximum Gasteiger partial charge on any atom is 0.264 e. The number of rotatable bonds is 11. The quantitative estimate of drug-likeness (QED) is 0.265. The normalized spacial score (nSPS) is 12.9. The summed E-state index contributed by atoms with van der Waals surface area (Å²) in [5.41, 5.74) is 1.79. The summed E-state index contributed by atoms with van der Waals surface area (Å²) in [5, 5.41) is 4.02. The average molecular weight is 625 g/mol. The van der Waals surface area contributed by atoms with Gasteiger partial charge in [-0.25, -0.2) is 8.42 Å². The lowest BCUT2D eigenvalue weighted by Gasteiger charge is -2.32. The zero-order valence-electron chi connectivity index (χ0n) is 22.7. The van der Waals surface area contributed by atoms with Gasteiger partial charge in [-0.2, -0.15) is 0 Å². The summed E-state index contributed by atoms with van der Waals surface area (Å²) in [6, 6.07) is 16.3. The van der Waals surface area contributed by atoms with E-state index >= 15 is 0 Å². The first kappa shape index (κ1) is 31.7. The number of halogens is 3. The zero-order chi connectivity index (χ0) is 29.6. The molecule has 0 radical (unpaired) electrons. The van der Waals surface area contributed by atoms with Crippen LogP contribution in [0.2, 0.25) is 15.1 Å². The van der Waals surface area contributed by atoms with Crippen molar-refractivity contribution in [3.05, 3.63) is 92.9 Å². The van der Waals surface area contributed by atoms with Gasteiger partial charge in [0.2, 0.25) is 11.8 Å². The van der Waals surface area contributed by atoms with Gasteiger partial charge in [-0.15, -0.1) is 0 Å². The van der Waals surface area contributed by atoms with Crippen molar-refractivity contribution >= 4 is 62.3 Å². The van der Waals surface area contributed by atoms with Gasteiger partial charge in [-0.3, -0.25) is 13.9 Å². The first-order valence-electron chi connectivity index (χ1n) is 12.7. The summed E-state index contributed by atoms with van der Waals surface area (Å²) in [6.45, 7) is 6.69. The molecule has 0 aliphatic carbocycles. The monoisotopic (exact) mass is 623 g/mol. The van der Waals surface area contributed by atoms with Gasteiger partial charge < -0.3 is 10.2 Å². The van der Waals surface area contributed by atoms with E-state index in [9.17, 15) is 18.0 Å². The van der Waals surface area contributed by atoms with Crippen LogP contribution in [0.4, 0.5) is 5.69 Å². The summed E-state index contributed by atoms with van der Waals surface area (Å²) in [5.74, 6) is -0.953. The van der Waals surface area contributed by atoms with Gasteiger partial charge in [0.15, 0.2) is 0 Å². The van der Waals surface area contributed by atoms with Crippen LogP contribution in [-0.4, -0.2) is 43.8 Å². The topological polar surface area (TPSA) is 86.8 Å². The maximum absolute atomic E-state index is 14.0. The van der Waals surface area contributed by atoms with E-state index in [4.69, 9.17) is 34.8 Å². The van der Waals surface area contributed by atoms with Crippen molar-refractivity contribution in [2.24, 2.45) is 0 Å². The number of amides is 2. The molecule has 0 saturated carbocycles. The Bertz CT molecular complexity index is 1450. The number of nitrogens with one attached hydrogen (secondary N) is 1. The molecule has 0 aromatic heterocycles. The van der Waals surface area contributed by atoms with Crippen molar-refractivity contribution < 1.29 is 18.0 Å². The standard InChI is InChI=1S/C29H32Cl3N3O4S/c1-5-20(3)33-29(37)21(4)34(17-22-8-9-24(31)16-27(22)32)28(36)18-35(25-12-6-19(2)7-13-25)40(38,39)26-14-10-23(30)11-15-26/h6-16,20-21H,5,17-18H2,1-4H3,(H,33,37). The van der Waals surface area contributed by atoms with Crippen molar-refractivity contribution in [1.29, 1.82) is 0 Å². The highest BCUT2D eigenvalue weighted by Crippen LogP contribution is 2.27. The van der Waals surface area contributed by atoms with Crippen LogP contribution in [0, 0.1) is 6.92 Å². The lowest BCUT2D eigenvalue weighted by molar-refractivity contribution is -0.139. The van der Waals surface area contributed by atoms with Gasteiger partial charge in [-0.05, 0) is 81.3 Å². The molecule has 3 aromatic rings. The molecule has 7 nitrogen and oxygen atoms in total. The van der Waals surface area contributed by atoms with Crippen LogP contribution in [-0.2, 0) is 26.2 Å². The molecule has 0 saturated heterocycles. The third-order valence-electron chi connectivity index (χ3n) is 6.53. The molecule has 0 aliphatic heterocycles. The Kier molecular flexibility index (Phi) is 10.9. The second kappa shape index (κ2) is 13.7. The first-order valence-corrected chi connectivity index (χ1v) is 15.3. The number of benzene rings is 3. The highest BCUT2D eigenvalue weighted by Gasteiger charge is 2.33. The van der Waals surface area contributed by atoms with Crippen LogP contribution in [0.5, 0.6) is 0 Å². The molecular weight excluding hydrogens is 593 g/mol. The molecular formula is C29H32Cl3N3O4S. The molecule has 40 heavy (non-hydrogen) atoms. The number of anilines is 1. The number of nitrogens with zero attached hydrogens (tertiary/aromatic N) is 2. The minimum atomic E-state index is -4.18. The molecule has 2 amide bonds. The number of sulfonamides is 1. The SMILES string of the molecule is CCC(C)NC(=O)C(C)N(Cc1ccc(Cl)cc1Cl)C(=O)CN(c1ccc(C)cc1)S(=O)(=O)c1ccc(Cl)cc1. The lowest BCUT2D eigenvalue weighted by Crippen LogP contribution is -2.52. The summed E-state index contributed by atoms with van der Waals surface area (Å²) >= 11 is 18.5. The first-order chi connectivity index (χ1) is 18.8. The molecule has 214 valence electrons. The highest BCUT2D eigenvalue weighted by molar-refractivity contribution is 7.92. The molecule has 2 unspecified atom stereocenters. The lowest BCUT2D eigenvalue weighted by atomic mass is 10.1. The fourth-order valence-electron chi connectivity index (χ4n) is 3.86. The van der Waals surface area contributed by atoms with Crippen molar-refractivity contribution in [3.63, 3.8) is 0 Å². The second-order valence-electron chi connectivity index (χ2n) is 9.55. The minimum absolute atomic E-state index is 0.0277. The van der Waals surface area contributed by atoms with Crippen LogP contribution >= 0.6 is 34.8 Å². The Labute approximate surface area is 251 Å². The predicted octanol–water partition coefficient (Wildman–Crippen LogP) is 6.48. The number of hydrogen-bond donors (Lipinski definition) is 1. The Balaban J connectivity index is 2.04.